The Balaban J connectivity index is 1.52. The van der Waals surface area contributed by atoms with Gasteiger partial charge in [-0.2, -0.15) is 0 Å². The van der Waals surface area contributed by atoms with Gasteiger partial charge in [-0.1, -0.05) is 25.3 Å². The van der Waals surface area contributed by atoms with E-state index in [0.717, 1.165) is 31.4 Å². The number of amides is 2. The minimum absolute atomic E-state index is 0.0159. The van der Waals surface area contributed by atoms with Crippen molar-refractivity contribution in [2.45, 2.75) is 56.5 Å². The van der Waals surface area contributed by atoms with E-state index in [9.17, 15) is 19.5 Å². The molecule has 1 saturated heterocycles. The SMILES string of the molecule is O=C(NC1(C(=O)O)CCCCC1)N1CC2CC(C1)c1cccc(=O)n1C2. The zero-order chi connectivity index (χ0) is 18.3. The molecule has 140 valence electrons. The Hall–Kier alpha value is -2.31. The number of hydrogen-bond donors (Lipinski definition) is 2. The number of nitrogens with zero attached hydrogens (tertiary/aromatic N) is 2. The summed E-state index contributed by atoms with van der Waals surface area (Å²) in [4.78, 5) is 38.5. The van der Waals surface area contributed by atoms with Gasteiger partial charge in [0.15, 0.2) is 0 Å². The summed E-state index contributed by atoms with van der Waals surface area (Å²) in [7, 11) is 0. The summed E-state index contributed by atoms with van der Waals surface area (Å²) >= 11 is 0. The lowest BCUT2D eigenvalue weighted by atomic mass is 9.81. The lowest BCUT2D eigenvalue weighted by Crippen LogP contribution is -2.61. The van der Waals surface area contributed by atoms with E-state index in [1.165, 1.54) is 0 Å². The summed E-state index contributed by atoms with van der Waals surface area (Å²) in [6, 6.07) is 5.03. The van der Waals surface area contributed by atoms with E-state index in [4.69, 9.17) is 0 Å². The van der Waals surface area contributed by atoms with E-state index in [2.05, 4.69) is 5.32 Å². The first-order chi connectivity index (χ1) is 12.5. The number of fused-ring (bicyclic) bond motifs is 4. The number of carboxylic acid groups (broad SMARTS) is 1. The standard InChI is InChI=1S/C19H25N3O4/c23-16-6-4-5-15-14-9-13(11-22(15)16)10-21(12-14)18(26)20-19(17(24)25)7-2-1-3-8-19/h4-6,13-14H,1-3,7-12H2,(H,20,26)(H,24,25). The monoisotopic (exact) mass is 359 g/mol. The van der Waals surface area contributed by atoms with Gasteiger partial charge in [0.05, 0.1) is 0 Å². The van der Waals surface area contributed by atoms with Crippen molar-refractivity contribution in [1.82, 2.24) is 14.8 Å². The summed E-state index contributed by atoms with van der Waals surface area (Å²) in [5.74, 6) is -0.562. The molecular formula is C19H25N3O4. The molecule has 2 N–H and O–H groups in total. The van der Waals surface area contributed by atoms with Crippen molar-refractivity contribution in [2.75, 3.05) is 13.1 Å². The van der Waals surface area contributed by atoms with Crippen molar-refractivity contribution < 1.29 is 14.7 Å². The number of pyridine rings is 1. The van der Waals surface area contributed by atoms with E-state index in [1.54, 1.807) is 17.0 Å². The zero-order valence-corrected chi connectivity index (χ0v) is 14.8. The highest BCUT2D eigenvalue weighted by Gasteiger charge is 2.43. The molecule has 2 unspecified atom stereocenters. The van der Waals surface area contributed by atoms with E-state index in [0.29, 0.717) is 32.5 Å². The third-order valence-electron chi connectivity index (χ3n) is 6.23. The molecule has 0 radical (unpaired) electrons. The smallest absolute Gasteiger partial charge is 0.329 e. The summed E-state index contributed by atoms with van der Waals surface area (Å²) < 4.78 is 1.83. The molecule has 1 saturated carbocycles. The number of piperidine rings is 1. The third kappa shape index (κ3) is 2.89. The molecule has 2 atom stereocenters. The molecule has 7 heteroatoms. The lowest BCUT2D eigenvalue weighted by molar-refractivity contribution is -0.146. The molecule has 2 amide bonds. The number of hydrogen-bond acceptors (Lipinski definition) is 3. The minimum atomic E-state index is -1.13. The molecule has 0 spiro atoms. The Morgan fingerprint density at radius 3 is 2.62 bits per heavy atom. The fourth-order valence-electron chi connectivity index (χ4n) is 4.89. The van der Waals surface area contributed by atoms with Crippen molar-refractivity contribution in [3.8, 4) is 0 Å². The second kappa shape index (κ2) is 6.45. The van der Waals surface area contributed by atoms with Crippen LogP contribution in [0.25, 0.3) is 0 Å². The molecule has 4 rings (SSSR count). The topological polar surface area (TPSA) is 91.6 Å². The first-order valence-corrected chi connectivity index (χ1v) is 9.49. The predicted octanol–water partition coefficient (Wildman–Crippen LogP) is 1.76. The fourth-order valence-corrected chi connectivity index (χ4v) is 4.89. The van der Waals surface area contributed by atoms with Gasteiger partial charge in [0.25, 0.3) is 5.56 Å². The van der Waals surface area contributed by atoms with Crippen LogP contribution in [0.1, 0.15) is 50.1 Å². The maximum atomic E-state index is 12.9. The van der Waals surface area contributed by atoms with Gasteiger partial charge < -0.3 is 19.9 Å². The van der Waals surface area contributed by atoms with Crippen LogP contribution in [-0.2, 0) is 11.3 Å². The first kappa shape index (κ1) is 17.1. The third-order valence-corrected chi connectivity index (χ3v) is 6.23. The minimum Gasteiger partial charge on any atom is -0.480 e. The van der Waals surface area contributed by atoms with Gasteiger partial charge in [-0.05, 0) is 31.2 Å². The van der Waals surface area contributed by atoms with Crippen LogP contribution in [0, 0.1) is 5.92 Å². The van der Waals surface area contributed by atoms with Gasteiger partial charge >= 0.3 is 12.0 Å². The largest absolute Gasteiger partial charge is 0.480 e. The van der Waals surface area contributed by atoms with Crippen molar-refractivity contribution in [2.24, 2.45) is 5.92 Å². The number of aliphatic carboxylic acids is 1. The second-order valence-electron chi connectivity index (χ2n) is 7.98. The van der Waals surface area contributed by atoms with Crippen molar-refractivity contribution in [3.63, 3.8) is 0 Å². The molecule has 1 aromatic rings. The molecule has 2 bridgehead atoms. The fraction of sp³-hybridized carbons (Fsp3) is 0.632. The van der Waals surface area contributed by atoms with Crippen LogP contribution in [-0.4, -0.2) is 45.2 Å². The van der Waals surface area contributed by atoms with E-state index >= 15 is 0 Å². The van der Waals surface area contributed by atoms with Crippen LogP contribution >= 0.6 is 0 Å². The number of carboxylic acids is 1. The Kier molecular flexibility index (Phi) is 4.25. The predicted molar refractivity (Wildman–Crippen MR) is 95.1 cm³/mol. The summed E-state index contributed by atoms with van der Waals surface area (Å²) in [5.41, 5.74) is -0.129. The molecule has 1 aliphatic carbocycles. The summed E-state index contributed by atoms with van der Waals surface area (Å²) in [5, 5.41) is 12.5. The number of aromatic nitrogens is 1. The molecule has 0 aromatic carbocycles. The second-order valence-corrected chi connectivity index (χ2v) is 7.98. The maximum Gasteiger partial charge on any atom is 0.329 e. The van der Waals surface area contributed by atoms with E-state index < -0.39 is 11.5 Å². The Morgan fingerprint density at radius 2 is 1.88 bits per heavy atom. The molecule has 3 aliphatic rings. The van der Waals surface area contributed by atoms with Crippen LogP contribution in [0.3, 0.4) is 0 Å². The van der Waals surface area contributed by atoms with Crippen molar-refractivity contribution in [1.29, 1.82) is 0 Å². The van der Waals surface area contributed by atoms with Crippen molar-refractivity contribution >= 4 is 12.0 Å². The number of likely N-dealkylation sites (tertiary alicyclic amines) is 1. The zero-order valence-electron chi connectivity index (χ0n) is 14.8. The molecule has 7 nitrogen and oxygen atoms in total. The number of carbonyl (C=O) groups is 2. The van der Waals surface area contributed by atoms with Gasteiger partial charge in [0.1, 0.15) is 5.54 Å². The van der Waals surface area contributed by atoms with Crippen LogP contribution < -0.4 is 10.9 Å². The van der Waals surface area contributed by atoms with Gasteiger partial charge in [0, 0.05) is 37.3 Å². The van der Waals surface area contributed by atoms with Gasteiger partial charge in [-0.25, -0.2) is 9.59 Å². The lowest BCUT2D eigenvalue weighted by Gasteiger charge is -2.44. The van der Waals surface area contributed by atoms with E-state index in [1.807, 2.05) is 10.6 Å². The highest BCUT2D eigenvalue weighted by Crippen LogP contribution is 2.35. The number of rotatable bonds is 2. The van der Waals surface area contributed by atoms with Gasteiger partial charge in [-0.3, -0.25) is 4.79 Å². The molecule has 2 aliphatic heterocycles. The van der Waals surface area contributed by atoms with Crippen LogP contribution in [0.2, 0.25) is 0 Å². The van der Waals surface area contributed by atoms with Crippen LogP contribution in [0.15, 0.2) is 23.0 Å². The molecule has 2 fully saturated rings. The normalized spacial score (nSPS) is 26.7. The van der Waals surface area contributed by atoms with Crippen LogP contribution in [0.5, 0.6) is 0 Å². The van der Waals surface area contributed by atoms with E-state index in [-0.39, 0.29) is 23.4 Å². The molecule has 26 heavy (non-hydrogen) atoms. The summed E-state index contributed by atoms with van der Waals surface area (Å²) in [6.45, 7) is 1.72. The van der Waals surface area contributed by atoms with Gasteiger partial charge in [-0.15, -0.1) is 0 Å². The quantitative estimate of drug-likeness (QED) is 0.842. The Bertz CT molecular complexity index is 781. The first-order valence-electron chi connectivity index (χ1n) is 9.49. The molecular weight excluding hydrogens is 334 g/mol. The number of nitrogens with one attached hydrogen (secondary N) is 1. The number of carbonyl (C=O) groups excluding carboxylic acids is 1. The molecule has 3 heterocycles. The Labute approximate surface area is 152 Å². The maximum absolute atomic E-state index is 12.9. The highest BCUT2D eigenvalue weighted by molar-refractivity contribution is 5.86. The average molecular weight is 359 g/mol. The number of urea groups is 1. The van der Waals surface area contributed by atoms with Crippen molar-refractivity contribution in [3.05, 3.63) is 34.2 Å². The summed E-state index contributed by atoms with van der Waals surface area (Å²) in [6.07, 6.45) is 4.63. The van der Waals surface area contributed by atoms with Crippen LogP contribution in [0.4, 0.5) is 4.79 Å². The highest BCUT2D eigenvalue weighted by atomic mass is 16.4. The van der Waals surface area contributed by atoms with Gasteiger partial charge in [0.2, 0.25) is 0 Å². The Morgan fingerprint density at radius 1 is 1.12 bits per heavy atom. The average Bonchev–Trinajstić information content (AvgIpc) is 2.63. The molecule has 1 aromatic heterocycles.